The van der Waals surface area contributed by atoms with Gasteiger partial charge in [-0.05, 0) is 39.7 Å². The zero-order valence-corrected chi connectivity index (χ0v) is 13.6. The minimum atomic E-state index is -0.930. The highest BCUT2D eigenvalue weighted by atomic mass is 79.9. The number of carboxylic acid groups (broad SMARTS) is 1. The molecule has 1 N–H and O–H groups in total. The van der Waals surface area contributed by atoms with Crippen molar-refractivity contribution in [3.8, 4) is 5.75 Å². The van der Waals surface area contributed by atoms with Crippen LogP contribution in [0.4, 0.5) is 0 Å². The van der Waals surface area contributed by atoms with Gasteiger partial charge in [0.05, 0.1) is 23.3 Å². The molecular formula is C14H11Br2NO3. The van der Waals surface area contributed by atoms with E-state index in [-0.39, 0.29) is 5.56 Å². The van der Waals surface area contributed by atoms with Crippen LogP contribution in [0.1, 0.15) is 21.5 Å². The summed E-state index contributed by atoms with van der Waals surface area (Å²) in [7, 11) is 0. The Labute approximate surface area is 132 Å². The molecular weight excluding hydrogens is 390 g/mol. The summed E-state index contributed by atoms with van der Waals surface area (Å²) in [5.41, 5.74) is 2.50. The second-order valence-corrected chi connectivity index (χ2v) is 6.36. The van der Waals surface area contributed by atoms with Crippen LogP contribution in [0.15, 0.2) is 33.5 Å². The summed E-state index contributed by atoms with van der Waals surface area (Å²) in [6.07, 6.45) is 2.53. The van der Waals surface area contributed by atoms with Gasteiger partial charge in [-0.25, -0.2) is 4.79 Å². The summed E-state index contributed by atoms with van der Waals surface area (Å²) in [5.74, 6) is -0.00848. The predicted molar refractivity (Wildman–Crippen MR) is 81.5 cm³/mol. The number of aromatic nitrogens is 1. The third kappa shape index (κ3) is 2.50. The fourth-order valence-electron chi connectivity index (χ4n) is 2.36. The average Bonchev–Trinajstić information content (AvgIpc) is 2.96. The third-order valence-corrected chi connectivity index (χ3v) is 4.40. The van der Waals surface area contributed by atoms with E-state index in [1.165, 1.54) is 5.56 Å². The van der Waals surface area contributed by atoms with Crippen molar-refractivity contribution >= 4 is 37.8 Å². The normalized spacial score (nSPS) is 13.1. The number of ether oxygens (including phenoxy) is 1. The van der Waals surface area contributed by atoms with Crippen molar-refractivity contribution in [1.82, 2.24) is 4.57 Å². The van der Waals surface area contributed by atoms with Crippen LogP contribution in [0, 0.1) is 0 Å². The molecule has 4 nitrogen and oxygen atoms in total. The standard InChI is InChI=1S/C14H11Br2NO3/c15-11-3-8-1-2-20-13(8)9(4-11)6-17-7-10(14(18)19)5-12(17)16/h3-5,7H,1-2,6H2,(H,18,19). The zero-order valence-electron chi connectivity index (χ0n) is 10.4. The van der Waals surface area contributed by atoms with Gasteiger partial charge in [0.1, 0.15) is 5.75 Å². The lowest BCUT2D eigenvalue weighted by Crippen LogP contribution is -2.01. The Morgan fingerprint density at radius 3 is 2.85 bits per heavy atom. The molecule has 1 aliphatic heterocycles. The highest BCUT2D eigenvalue weighted by Crippen LogP contribution is 2.34. The maximum atomic E-state index is 11.0. The highest BCUT2D eigenvalue weighted by molar-refractivity contribution is 9.10. The van der Waals surface area contributed by atoms with Crippen LogP contribution in [-0.2, 0) is 13.0 Å². The molecule has 0 bridgehead atoms. The molecule has 6 heteroatoms. The molecule has 0 radical (unpaired) electrons. The Bertz CT molecular complexity index is 694. The monoisotopic (exact) mass is 399 g/mol. The van der Waals surface area contributed by atoms with E-state index in [0.717, 1.165) is 26.8 Å². The number of aromatic carboxylic acids is 1. The number of benzene rings is 1. The molecule has 0 saturated heterocycles. The molecule has 1 aliphatic rings. The fourth-order valence-corrected chi connectivity index (χ4v) is 3.39. The number of nitrogens with zero attached hydrogens (tertiary/aromatic N) is 1. The van der Waals surface area contributed by atoms with Crippen LogP contribution in [0.25, 0.3) is 0 Å². The SMILES string of the molecule is O=C(O)c1cc(Br)n(Cc2cc(Br)cc3c2OCC3)c1. The zero-order chi connectivity index (χ0) is 14.3. The Morgan fingerprint density at radius 2 is 2.15 bits per heavy atom. The maximum Gasteiger partial charge on any atom is 0.337 e. The van der Waals surface area contributed by atoms with Gasteiger partial charge in [0.2, 0.25) is 0 Å². The number of hydrogen-bond donors (Lipinski definition) is 1. The van der Waals surface area contributed by atoms with Crippen molar-refractivity contribution in [2.45, 2.75) is 13.0 Å². The molecule has 0 unspecified atom stereocenters. The average molecular weight is 401 g/mol. The predicted octanol–water partition coefficient (Wildman–Crippen LogP) is 3.69. The van der Waals surface area contributed by atoms with Gasteiger partial charge in [0.15, 0.2) is 0 Å². The van der Waals surface area contributed by atoms with Crippen LogP contribution in [0.3, 0.4) is 0 Å². The summed E-state index contributed by atoms with van der Waals surface area (Å²) in [6, 6.07) is 5.68. The maximum absolute atomic E-state index is 11.0. The lowest BCUT2D eigenvalue weighted by atomic mass is 10.1. The van der Waals surface area contributed by atoms with Gasteiger partial charge in [0.25, 0.3) is 0 Å². The molecule has 2 heterocycles. The Morgan fingerprint density at radius 1 is 1.35 bits per heavy atom. The molecule has 0 atom stereocenters. The Balaban J connectivity index is 1.98. The molecule has 0 saturated carbocycles. The summed E-state index contributed by atoms with van der Waals surface area (Å²) in [4.78, 5) is 11.0. The van der Waals surface area contributed by atoms with E-state index in [1.807, 2.05) is 10.6 Å². The van der Waals surface area contributed by atoms with Crippen molar-refractivity contribution in [2.24, 2.45) is 0 Å². The van der Waals surface area contributed by atoms with E-state index in [2.05, 4.69) is 37.9 Å². The van der Waals surface area contributed by atoms with Gasteiger partial charge in [-0.1, -0.05) is 15.9 Å². The van der Waals surface area contributed by atoms with E-state index < -0.39 is 5.97 Å². The Hall–Kier alpha value is -1.27. The summed E-state index contributed by atoms with van der Waals surface area (Å²) in [5, 5.41) is 9.02. The molecule has 3 rings (SSSR count). The van der Waals surface area contributed by atoms with Crippen molar-refractivity contribution in [3.05, 3.63) is 50.2 Å². The van der Waals surface area contributed by atoms with Gasteiger partial charge in [-0.2, -0.15) is 0 Å². The van der Waals surface area contributed by atoms with Gasteiger partial charge in [-0.15, -0.1) is 0 Å². The van der Waals surface area contributed by atoms with Crippen LogP contribution >= 0.6 is 31.9 Å². The van der Waals surface area contributed by atoms with Crippen molar-refractivity contribution in [2.75, 3.05) is 6.61 Å². The van der Waals surface area contributed by atoms with E-state index in [0.29, 0.717) is 13.2 Å². The summed E-state index contributed by atoms with van der Waals surface area (Å²) < 4.78 is 9.29. The molecule has 0 aliphatic carbocycles. The molecule has 0 fully saturated rings. The smallest absolute Gasteiger partial charge is 0.337 e. The van der Waals surface area contributed by atoms with E-state index >= 15 is 0 Å². The van der Waals surface area contributed by atoms with E-state index in [1.54, 1.807) is 12.3 Å². The topological polar surface area (TPSA) is 51.5 Å². The van der Waals surface area contributed by atoms with Gasteiger partial charge < -0.3 is 14.4 Å². The highest BCUT2D eigenvalue weighted by Gasteiger charge is 2.18. The largest absolute Gasteiger partial charge is 0.493 e. The number of carboxylic acids is 1. The van der Waals surface area contributed by atoms with Crippen LogP contribution in [0.2, 0.25) is 0 Å². The Kier molecular flexibility index (Phi) is 3.60. The number of hydrogen-bond acceptors (Lipinski definition) is 2. The number of halogens is 2. The molecule has 0 spiro atoms. The second-order valence-electron chi connectivity index (χ2n) is 4.64. The minimum absolute atomic E-state index is 0.268. The van der Waals surface area contributed by atoms with Gasteiger partial charge in [0, 0.05) is 22.7 Å². The fraction of sp³-hybridized carbons (Fsp3) is 0.214. The van der Waals surface area contributed by atoms with Gasteiger partial charge >= 0.3 is 5.97 Å². The molecule has 2 aromatic rings. The third-order valence-electron chi connectivity index (χ3n) is 3.26. The molecule has 104 valence electrons. The first-order chi connectivity index (χ1) is 9.54. The van der Waals surface area contributed by atoms with Crippen molar-refractivity contribution in [3.63, 3.8) is 0 Å². The van der Waals surface area contributed by atoms with Gasteiger partial charge in [-0.3, -0.25) is 0 Å². The van der Waals surface area contributed by atoms with Crippen LogP contribution in [0.5, 0.6) is 5.75 Å². The molecule has 1 aromatic carbocycles. The molecule has 1 aromatic heterocycles. The van der Waals surface area contributed by atoms with Crippen molar-refractivity contribution in [1.29, 1.82) is 0 Å². The first-order valence-electron chi connectivity index (χ1n) is 6.07. The number of rotatable bonds is 3. The number of fused-ring (bicyclic) bond motifs is 1. The lowest BCUT2D eigenvalue weighted by molar-refractivity contribution is 0.0697. The first kappa shape index (κ1) is 13.7. The lowest BCUT2D eigenvalue weighted by Gasteiger charge is -2.11. The van der Waals surface area contributed by atoms with E-state index in [9.17, 15) is 4.79 Å². The quantitative estimate of drug-likeness (QED) is 0.854. The van der Waals surface area contributed by atoms with Crippen molar-refractivity contribution < 1.29 is 14.6 Å². The van der Waals surface area contributed by atoms with E-state index in [4.69, 9.17) is 9.84 Å². The summed E-state index contributed by atoms with van der Waals surface area (Å²) in [6.45, 7) is 1.27. The molecule has 20 heavy (non-hydrogen) atoms. The number of carbonyl (C=O) groups is 1. The van der Waals surface area contributed by atoms with Crippen LogP contribution in [-0.4, -0.2) is 22.2 Å². The molecule has 0 amide bonds. The van der Waals surface area contributed by atoms with Crippen LogP contribution < -0.4 is 4.74 Å². The summed E-state index contributed by atoms with van der Waals surface area (Å²) >= 11 is 6.89. The minimum Gasteiger partial charge on any atom is -0.493 e. The first-order valence-corrected chi connectivity index (χ1v) is 7.66. The second kappa shape index (κ2) is 5.26.